The fraction of sp³-hybridized carbons (Fsp3) is 0.250. The van der Waals surface area contributed by atoms with E-state index in [4.69, 9.17) is 20.1 Å². The third-order valence-corrected chi connectivity index (χ3v) is 0.406. The zero-order chi connectivity index (χ0) is 10.1. The number of rotatable bonds is 1. The fourth-order valence-corrected chi connectivity index (χ4v) is 0.177. The van der Waals surface area contributed by atoms with Crippen molar-refractivity contribution in [3.05, 3.63) is 0 Å². The SMILES string of the molecule is N.NC(=O)NC(=O)CO.O=C(O)O. The molecule has 0 spiro atoms. The molecule has 0 aromatic heterocycles. The zero-order valence-electron chi connectivity index (χ0n) is 6.56. The van der Waals surface area contributed by atoms with Crippen molar-refractivity contribution in [3.8, 4) is 0 Å². The molecule has 9 heteroatoms. The molecule has 3 amide bonds. The molecule has 0 rings (SSSR count). The van der Waals surface area contributed by atoms with Crippen molar-refractivity contribution in [1.29, 1.82) is 0 Å². The van der Waals surface area contributed by atoms with Crippen LogP contribution in [0.15, 0.2) is 0 Å². The Kier molecular flexibility index (Phi) is 13.5. The predicted octanol–water partition coefficient (Wildman–Crippen LogP) is -1.44. The summed E-state index contributed by atoms with van der Waals surface area (Å²) in [7, 11) is 0. The highest BCUT2D eigenvalue weighted by atomic mass is 16.6. The van der Waals surface area contributed by atoms with Crippen LogP contribution >= 0.6 is 0 Å². The second kappa shape index (κ2) is 10.1. The van der Waals surface area contributed by atoms with Gasteiger partial charge in [-0.3, -0.25) is 10.1 Å². The van der Waals surface area contributed by atoms with Gasteiger partial charge >= 0.3 is 12.2 Å². The maximum Gasteiger partial charge on any atom is 0.503 e. The number of carbonyl (C=O) groups excluding carboxylic acids is 2. The molecule has 0 aliphatic rings. The van der Waals surface area contributed by atoms with Gasteiger partial charge in [0.2, 0.25) is 0 Å². The van der Waals surface area contributed by atoms with Crippen LogP contribution in [0.5, 0.6) is 0 Å². The van der Waals surface area contributed by atoms with Crippen LogP contribution in [0.2, 0.25) is 0 Å². The molecule has 9 nitrogen and oxygen atoms in total. The lowest BCUT2D eigenvalue weighted by atomic mass is 10.6. The van der Waals surface area contributed by atoms with Gasteiger partial charge in [0.1, 0.15) is 6.61 Å². The molecule has 78 valence electrons. The summed E-state index contributed by atoms with van der Waals surface area (Å²) < 4.78 is 0. The molecule has 0 unspecified atom stereocenters. The number of imide groups is 1. The molecule has 0 saturated heterocycles. The van der Waals surface area contributed by atoms with Crippen LogP contribution < -0.4 is 17.2 Å². The number of carboxylic acid groups (broad SMARTS) is 2. The molecular weight excluding hydrogens is 186 g/mol. The quantitative estimate of drug-likeness (QED) is 0.297. The van der Waals surface area contributed by atoms with Gasteiger partial charge in [0.25, 0.3) is 5.91 Å². The molecule has 0 atom stereocenters. The van der Waals surface area contributed by atoms with E-state index in [1.54, 1.807) is 5.32 Å². The first-order valence-electron chi connectivity index (χ1n) is 2.52. The summed E-state index contributed by atoms with van der Waals surface area (Å²) >= 11 is 0. The molecule has 0 fully saturated rings. The number of carbonyl (C=O) groups is 3. The Morgan fingerprint density at radius 2 is 1.54 bits per heavy atom. The number of hydrogen-bond donors (Lipinski definition) is 6. The van der Waals surface area contributed by atoms with Gasteiger partial charge in [-0.15, -0.1) is 0 Å². The van der Waals surface area contributed by atoms with Crippen LogP contribution in [0.3, 0.4) is 0 Å². The van der Waals surface area contributed by atoms with Crippen LogP contribution in [0.4, 0.5) is 9.59 Å². The van der Waals surface area contributed by atoms with Gasteiger partial charge in [0.15, 0.2) is 0 Å². The normalized spacial score (nSPS) is 6.85. The maximum absolute atomic E-state index is 9.96. The second-order valence-corrected chi connectivity index (χ2v) is 1.35. The molecule has 0 aliphatic carbocycles. The number of urea groups is 1. The minimum atomic E-state index is -1.83. The Morgan fingerprint density at radius 1 is 1.23 bits per heavy atom. The lowest BCUT2D eigenvalue weighted by Gasteiger charge is -1.92. The predicted molar refractivity (Wildman–Crippen MR) is 40.5 cm³/mol. The maximum atomic E-state index is 9.96. The topological polar surface area (TPSA) is 185 Å². The number of nitrogens with two attached hydrogens (primary N) is 1. The van der Waals surface area contributed by atoms with Gasteiger partial charge in [0.05, 0.1) is 0 Å². The molecule has 0 saturated carbocycles. The Labute approximate surface area is 72.7 Å². The van der Waals surface area contributed by atoms with E-state index in [0.29, 0.717) is 0 Å². The van der Waals surface area contributed by atoms with Crippen molar-refractivity contribution in [2.45, 2.75) is 0 Å². The van der Waals surface area contributed by atoms with Gasteiger partial charge in [-0.2, -0.15) is 0 Å². The average molecular weight is 197 g/mol. The van der Waals surface area contributed by atoms with E-state index in [-0.39, 0.29) is 6.15 Å². The van der Waals surface area contributed by atoms with E-state index in [1.807, 2.05) is 0 Å². The van der Waals surface area contributed by atoms with E-state index in [2.05, 4.69) is 5.73 Å². The molecule has 0 radical (unpaired) electrons. The summed E-state index contributed by atoms with van der Waals surface area (Å²) in [5, 5.41) is 23.6. The standard InChI is InChI=1S/C3H6N2O3.CH2O3.H3N/c4-3(8)5-2(7)1-6;2-1(3)4;/h6H,1H2,(H3,4,5,7,8);(H2,2,3,4);1H3. The minimum absolute atomic E-state index is 0. The molecule has 0 heterocycles. The summed E-state index contributed by atoms with van der Waals surface area (Å²) in [5.74, 6) is -0.794. The van der Waals surface area contributed by atoms with Gasteiger partial charge < -0.3 is 27.2 Å². The van der Waals surface area contributed by atoms with E-state index >= 15 is 0 Å². The van der Waals surface area contributed by atoms with Crippen molar-refractivity contribution in [3.63, 3.8) is 0 Å². The molecule has 0 bridgehead atoms. The fourth-order valence-electron chi connectivity index (χ4n) is 0.177. The Hall–Kier alpha value is -1.87. The lowest BCUT2D eigenvalue weighted by molar-refractivity contribution is -0.122. The van der Waals surface area contributed by atoms with Gasteiger partial charge in [-0.05, 0) is 0 Å². The summed E-state index contributed by atoms with van der Waals surface area (Å²) in [5.41, 5.74) is 4.49. The van der Waals surface area contributed by atoms with E-state index in [9.17, 15) is 9.59 Å². The number of amides is 3. The Morgan fingerprint density at radius 3 is 1.62 bits per heavy atom. The van der Waals surface area contributed by atoms with Crippen molar-refractivity contribution in [1.82, 2.24) is 11.5 Å². The summed E-state index contributed by atoms with van der Waals surface area (Å²) in [4.78, 5) is 28.3. The smallest absolute Gasteiger partial charge is 0.450 e. The third-order valence-electron chi connectivity index (χ3n) is 0.406. The highest BCUT2D eigenvalue weighted by Crippen LogP contribution is 1.58. The van der Waals surface area contributed by atoms with Crippen LogP contribution in [0.1, 0.15) is 0 Å². The zero-order valence-corrected chi connectivity index (χ0v) is 6.56. The number of primary amides is 1. The highest BCUT2D eigenvalue weighted by molar-refractivity contribution is 5.93. The van der Waals surface area contributed by atoms with Crippen LogP contribution in [0.25, 0.3) is 0 Å². The number of hydrogen-bond acceptors (Lipinski definition) is 5. The van der Waals surface area contributed by atoms with E-state index in [1.165, 1.54) is 0 Å². The second-order valence-electron chi connectivity index (χ2n) is 1.35. The number of aliphatic hydroxyl groups is 1. The number of nitrogens with one attached hydrogen (secondary N) is 1. The van der Waals surface area contributed by atoms with Crippen LogP contribution in [0, 0.1) is 0 Å². The monoisotopic (exact) mass is 197 g/mol. The van der Waals surface area contributed by atoms with E-state index < -0.39 is 24.7 Å². The van der Waals surface area contributed by atoms with Crippen LogP contribution in [-0.2, 0) is 4.79 Å². The molecule has 0 aromatic rings. The minimum Gasteiger partial charge on any atom is -0.450 e. The molecule has 0 aromatic carbocycles. The summed E-state index contributed by atoms with van der Waals surface area (Å²) in [6.07, 6.45) is -1.83. The largest absolute Gasteiger partial charge is 0.503 e. The molecule has 0 aliphatic heterocycles. The Bertz CT molecular complexity index is 177. The summed E-state index contributed by atoms with van der Waals surface area (Å²) in [6, 6.07) is -0.955. The first-order valence-corrected chi connectivity index (χ1v) is 2.52. The van der Waals surface area contributed by atoms with E-state index in [0.717, 1.165) is 0 Å². The first-order chi connectivity index (χ1) is 5.40. The van der Waals surface area contributed by atoms with Gasteiger partial charge in [-0.25, -0.2) is 9.59 Å². The summed E-state index contributed by atoms with van der Waals surface area (Å²) in [6.45, 7) is -0.719. The van der Waals surface area contributed by atoms with Gasteiger partial charge in [0, 0.05) is 0 Å². The highest BCUT2D eigenvalue weighted by Gasteiger charge is 1.98. The third kappa shape index (κ3) is 39.3. The first kappa shape index (κ1) is 17.3. The molecular formula is C4H11N3O6. The Balaban J connectivity index is -0.000000173. The molecule has 9 N–H and O–H groups in total. The van der Waals surface area contributed by atoms with Crippen molar-refractivity contribution < 1.29 is 29.7 Å². The lowest BCUT2D eigenvalue weighted by Crippen LogP contribution is -2.36. The molecule has 13 heavy (non-hydrogen) atoms. The van der Waals surface area contributed by atoms with Crippen molar-refractivity contribution in [2.75, 3.05) is 6.61 Å². The van der Waals surface area contributed by atoms with Crippen molar-refractivity contribution >= 4 is 18.1 Å². The van der Waals surface area contributed by atoms with Crippen molar-refractivity contribution in [2.24, 2.45) is 5.73 Å². The van der Waals surface area contributed by atoms with Crippen LogP contribution in [-0.4, -0.2) is 40.0 Å². The number of aliphatic hydroxyl groups excluding tert-OH is 1. The van der Waals surface area contributed by atoms with Gasteiger partial charge in [-0.1, -0.05) is 0 Å². The average Bonchev–Trinajstić information content (AvgIpc) is 1.84.